The Morgan fingerprint density at radius 3 is 2.73 bits per heavy atom. The molecule has 0 amide bonds. The van der Waals surface area contributed by atoms with Gasteiger partial charge in [0.2, 0.25) is 8.32 Å². The molecule has 0 N–H and O–H groups in total. The van der Waals surface area contributed by atoms with Crippen LogP contribution in [0.3, 0.4) is 0 Å². The summed E-state index contributed by atoms with van der Waals surface area (Å²) in [4.78, 5) is 5.11. The first-order chi connectivity index (χ1) is 12.3. The minimum Gasteiger partial charge on any atom is -0.544 e. The Hall–Kier alpha value is -1.55. The van der Waals surface area contributed by atoms with Crippen LogP contribution in [0.2, 0.25) is 19.6 Å². The third kappa shape index (κ3) is 2.92. The number of benzene rings is 1. The van der Waals surface area contributed by atoms with Gasteiger partial charge in [-0.1, -0.05) is 24.2 Å². The fourth-order valence-electron chi connectivity index (χ4n) is 5.50. The van der Waals surface area contributed by atoms with E-state index >= 15 is 0 Å². The van der Waals surface area contributed by atoms with Crippen molar-refractivity contribution in [3.05, 3.63) is 41.5 Å². The minimum atomic E-state index is -1.56. The highest BCUT2D eigenvalue weighted by Crippen LogP contribution is 2.58. The van der Waals surface area contributed by atoms with Gasteiger partial charge in [-0.25, -0.2) is 0 Å². The summed E-state index contributed by atoms with van der Waals surface area (Å²) in [5.74, 6) is 3.04. The molecule has 1 aromatic rings. The molecule has 1 aromatic carbocycles. The minimum absolute atomic E-state index is 0.148. The summed E-state index contributed by atoms with van der Waals surface area (Å²) in [6.45, 7) is 9.12. The molecule has 0 heterocycles. The number of allylic oxidation sites excluding steroid dienone is 2. The zero-order valence-electron chi connectivity index (χ0n) is 16.7. The second kappa shape index (κ2) is 6.26. The monoisotopic (exact) mass is 369 g/mol. The van der Waals surface area contributed by atoms with E-state index < -0.39 is 8.32 Å². The van der Waals surface area contributed by atoms with Crippen LogP contribution in [0.5, 0.6) is 5.75 Å². The lowest BCUT2D eigenvalue weighted by molar-refractivity contribution is 0.119. The third-order valence-electron chi connectivity index (χ3n) is 6.61. The molecule has 3 nitrogen and oxygen atoms in total. The molecule has 0 saturated heterocycles. The predicted molar refractivity (Wildman–Crippen MR) is 109 cm³/mol. The fourth-order valence-corrected chi connectivity index (χ4v) is 6.33. The Bertz CT molecular complexity index is 764. The zero-order valence-corrected chi connectivity index (χ0v) is 17.7. The van der Waals surface area contributed by atoms with E-state index in [9.17, 15) is 0 Å². The van der Waals surface area contributed by atoms with Crippen LogP contribution >= 0.6 is 0 Å². The molecular formula is C22H31NO2Si. The summed E-state index contributed by atoms with van der Waals surface area (Å²) in [6, 6.07) is 6.88. The van der Waals surface area contributed by atoms with Gasteiger partial charge in [0, 0.05) is 5.41 Å². The van der Waals surface area contributed by atoms with Crippen LogP contribution in [0, 0.1) is 17.3 Å². The molecule has 26 heavy (non-hydrogen) atoms. The molecule has 1 fully saturated rings. The molecule has 4 unspecified atom stereocenters. The highest BCUT2D eigenvalue weighted by molar-refractivity contribution is 6.70. The zero-order chi connectivity index (χ0) is 18.5. The molecule has 0 radical (unpaired) electrons. The van der Waals surface area contributed by atoms with Crippen LogP contribution in [-0.4, -0.2) is 21.1 Å². The summed E-state index contributed by atoms with van der Waals surface area (Å²) < 4.78 is 6.23. The Labute approximate surface area is 158 Å². The second-order valence-electron chi connectivity index (χ2n) is 9.38. The van der Waals surface area contributed by atoms with Crippen molar-refractivity contribution in [1.82, 2.24) is 0 Å². The number of aryl methyl sites for hydroxylation is 1. The summed E-state index contributed by atoms with van der Waals surface area (Å²) in [7, 11) is 0.0977. The number of rotatable bonds is 3. The van der Waals surface area contributed by atoms with Crippen molar-refractivity contribution >= 4 is 14.0 Å². The van der Waals surface area contributed by atoms with Crippen molar-refractivity contribution in [3.63, 3.8) is 0 Å². The molecule has 0 bridgehead atoms. The predicted octanol–water partition coefficient (Wildman–Crippen LogP) is 5.53. The maximum atomic E-state index is 6.23. The van der Waals surface area contributed by atoms with Gasteiger partial charge in [0.25, 0.3) is 0 Å². The topological polar surface area (TPSA) is 30.8 Å². The van der Waals surface area contributed by atoms with Crippen LogP contribution in [0.15, 0.2) is 35.5 Å². The third-order valence-corrected chi connectivity index (χ3v) is 7.46. The fraction of sp³-hybridized carbons (Fsp3) is 0.591. The number of nitrogens with zero attached hydrogens (tertiary/aromatic N) is 1. The van der Waals surface area contributed by atoms with Gasteiger partial charge in [-0.2, -0.15) is 0 Å². The van der Waals surface area contributed by atoms with Crippen LogP contribution in [0.1, 0.15) is 43.2 Å². The van der Waals surface area contributed by atoms with E-state index in [0.717, 1.165) is 17.9 Å². The number of oxime groups is 1. The molecule has 0 aliphatic heterocycles. The van der Waals surface area contributed by atoms with Gasteiger partial charge in [0.05, 0.1) is 5.71 Å². The van der Waals surface area contributed by atoms with Crippen LogP contribution in [0.25, 0.3) is 0 Å². The molecule has 140 valence electrons. The molecule has 4 atom stereocenters. The highest BCUT2D eigenvalue weighted by Gasteiger charge is 2.51. The van der Waals surface area contributed by atoms with Crippen molar-refractivity contribution in [1.29, 1.82) is 0 Å². The summed E-state index contributed by atoms with van der Waals surface area (Å²) in [5, 5.41) is 4.32. The molecule has 4 heteroatoms. The van der Waals surface area contributed by atoms with Gasteiger partial charge >= 0.3 is 0 Å². The Morgan fingerprint density at radius 2 is 2.00 bits per heavy atom. The lowest BCUT2D eigenvalue weighted by Gasteiger charge is -2.48. The van der Waals surface area contributed by atoms with E-state index in [1.165, 1.54) is 24.8 Å². The normalized spacial score (nSPS) is 34.2. The number of hydrogen-bond donors (Lipinski definition) is 0. The van der Waals surface area contributed by atoms with Gasteiger partial charge in [0.1, 0.15) is 12.9 Å². The SMILES string of the molecule is CO/N=C1\C=CC2C3CCc4cc(O[Si](C)(C)C)ccc4C3CCC12C. The average molecular weight is 370 g/mol. The summed E-state index contributed by atoms with van der Waals surface area (Å²) in [5.41, 5.74) is 4.36. The van der Waals surface area contributed by atoms with E-state index in [0.29, 0.717) is 17.8 Å². The van der Waals surface area contributed by atoms with E-state index in [-0.39, 0.29) is 5.41 Å². The van der Waals surface area contributed by atoms with Crippen LogP contribution in [0.4, 0.5) is 0 Å². The molecule has 3 aliphatic carbocycles. The van der Waals surface area contributed by atoms with Gasteiger partial charge in [-0.3, -0.25) is 0 Å². The Kier molecular flexibility index (Phi) is 4.29. The van der Waals surface area contributed by atoms with E-state index in [1.807, 2.05) is 0 Å². The van der Waals surface area contributed by atoms with Crippen molar-refractivity contribution < 1.29 is 9.26 Å². The van der Waals surface area contributed by atoms with Gasteiger partial charge in [-0.15, -0.1) is 0 Å². The Morgan fingerprint density at radius 1 is 1.19 bits per heavy atom. The largest absolute Gasteiger partial charge is 0.544 e. The number of hydrogen-bond acceptors (Lipinski definition) is 3. The van der Waals surface area contributed by atoms with Crippen molar-refractivity contribution in [2.45, 2.75) is 58.2 Å². The van der Waals surface area contributed by atoms with Crippen LogP contribution < -0.4 is 4.43 Å². The second-order valence-corrected chi connectivity index (χ2v) is 13.8. The lowest BCUT2D eigenvalue weighted by Crippen LogP contribution is -2.43. The van der Waals surface area contributed by atoms with Gasteiger partial charge < -0.3 is 9.26 Å². The van der Waals surface area contributed by atoms with Crippen molar-refractivity contribution in [3.8, 4) is 5.75 Å². The van der Waals surface area contributed by atoms with E-state index in [1.54, 1.807) is 12.7 Å². The van der Waals surface area contributed by atoms with Crippen molar-refractivity contribution in [2.75, 3.05) is 7.11 Å². The quantitative estimate of drug-likeness (QED) is 0.518. The average Bonchev–Trinajstić information content (AvgIpc) is 2.90. The lowest BCUT2D eigenvalue weighted by atomic mass is 9.55. The van der Waals surface area contributed by atoms with Crippen molar-refractivity contribution in [2.24, 2.45) is 22.4 Å². The van der Waals surface area contributed by atoms with E-state index in [4.69, 9.17) is 9.26 Å². The summed E-state index contributed by atoms with van der Waals surface area (Å²) >= 11 is 0. The molecule has 0 aromatic heterocycles. The first-order valence-corrected chi connectivity index (χ1v) is 13.3. The van der Waals surface area contributed by atoms with Gasteiger partial charge in [0.15, 0.2) is 0 Å². The molecule has 3 aliphatic rings. The molecular weight excluding hydrogens is 338 g/mol. The summed E-state index contributed by atoms with van der Waals surface area (Å²) in [6.07, 6.45) is 9.46. The molecule has 0 spiro atoms. The first kappa shape index (κ1) is 17.8. The maximum absolute atomic E-state index is 6.23. The first-order valence-electron chi connectivity index (χ1n) is 9.93. The Balaban J connectivity index is 1.61. The number of fused-ring (bicyclic) bond motifs is 5. The van der Waals surface area contributed by atoms with E-state index in [2.05, 4.69) is 62.1 Å². The smallest absolute Gasteiger partial charge is 0.242 e. The highest BCUT2D eigenvalue weighted by atomic mass is 28.4. The van der Waals surface area contributed by atoms with Crippen LogP contribution in [-0.2, 0) is 11.3 Å². The standard InChI is InChI=1S/C22H31NO2Si/c1-22-13-12-18-17-9-7-16(25-26(3,4)5)14-15(17)6-8-19(18)20(22)10-11-21(22)23-24-2/h7,9-11,14,18-20H,6,8,12-13H2,1-5H3/b23-21+. The van der Waals surface area contributed by atoms with Gasteiger partial charge in [-0.05, 0) is 92.4 Å². The maximum Gasteiger partial charge on any atom is 0.242 e. The molecule has 4 rings (SSSR count). The molecule has 1 saturated carbocycles.